The third-order valence-electron chi connectivity index (χ3n) is 6.00. The van der Waals surface area contributed by atoms with Crippen LogP contribution in [0.4, 0.5) is 23.3 Å². The van der Waals surface area contributed by atoms with E-state index >= 15 is 0 Å². The molecule has 14 nitrogen and oxygen atoms in total. The zero-order chi connectivity index (χ0) is 31.7. The van der Waals surface area contributed by atoms with Crippen LogP contribution in [0.3, 0.4) is 0 Å². The number of carbonyl (C=O) groups is 4. The summed E-state index contributed by atoms with van der Waals surface area (Å²) in [5, 5.41) is 11.4. The zero-order valence-electron chi connectivity index (χ0n) is 24.3. The number of amides is 2. The van der Waals surface area contributed by atoms with Crippen molar-refractivity contribution in [2.45, 2.75) is 19.3 Å². The third-order valence-corrected chi connectivity index (χ3v) is 6.00. The second-order valence-corrected chi connectivity index (χ2v) is 9.36. The molecule has 45 heavy (non-hydrogen) atoms. The van der Waals surface area contributed by atoms with E-state index in [1.54, 1.807) is 85.5 Å². The van der Waals surface area contributed by atoms with Crippen LogP contribution in [0, 0.1) is 0 Å². The number of nitrogens with one attached hydrogen (secondary N) is 4. The highest BCUT2D eigenvalue weighted by Gasteiger charge is 2.10. The molecule has 0 aliphatic carbocycles. The average molecular weight is 613 g/mol. The molecule has 0 bridgehead atoms. The van der Waals surface area contributed by atoms with Crippen molar-refractivity contribution in [1.82, 2.24) is 30.6 Å². The Morgan fingerprint density at radius 1 is 0.556 bits per heavy atom. The Kier molecular flexibility index (Phi) is 12.3. The fraction of sp³-hybridized carbons (Fsp3) is 0.226. The van der Waals surface area contributed by atoms with Gasteiger partial charge in [-0.05, 0) is 67.1 Å². The van der Waals surface area contributed by atoms with Gasteiger partial charge in [-0.15, -0.1) is 0 Å². The van der Waals surface area contributed by atoms with Crippen LogP contribution in [-0.4, -0.2) is 70.0 Å². The van der Waals surface area contributed by atoms with Gasteiger partial charge in [-0.1, -0.05) is 0 Å². The van der Waals surface area contributed by atoms with E-state index in [1.165, 1.54) is 0 Å². The molecule has 0 unspecified atom stereocenters. The number of carbonyl (C=O) groups excluding carboxylic acids is 4. The molecule has 0 atom stereocenters. The first-order valence-electron chi connectivity index (χ1n) is 14.1. The molecule has 2 aromatic heterocycles. The van der Waals surface area contributed by atoms with E-state index < -0.39 is 11.9 Å². The summed E-state index contributed by atoms with van der Waals surface area (Å²) in [7, 11) is 0. The minimum Gasteiger partial charge on any atom is -0.464 e. The maximum absolute atomic E-state index is 12.3. The second kappa shape index (κ2) is 17.3. The van der Waals surface area contributed by atoms with Gasteiger partial charge in [-0.2, -0.15) is 0 Å². The van der Waals surface area contributed by atoms with Crippen LogP contribution in [-0.2, 0) is 19.1 Å². The monoisotopic (exact) mass is 612 g/mol. The number of benzene rings is 2. The van der Waals surface area contributed by atoms with Gasteiger partial charge in [0, 0.05) is 60.1 Å². The van der Waals surface area contributed by atoms with Crippen LogP contribution in [0.2, 0.25) is 0 Å². The van der Waals surface area contributed by atoms with Crippen molar-refractivity contribution in [2.24, 2.45) is 0 Å². The molecule has 2 aromatic carbocycles. The van der Waals surface area contributed by atoms with Gasteiger partial charge >= 0.3 is 11.9 Å². The Morgan fingerprint density at radius 2 is 0.933 bits per heavy atom. The lowest BCUT2D eigenvalue weighted by molar-refractivity contribution is -0.145. The molecule has 0 saturated heterocycles. The molecule has 0 radical (unpaired) electrons. The fourth-order valence-corrected chi connectivity index (χ4v) is 3.78. The molecular formula is C31H32N8O6. The van der Waals surface area contributed by atoms with Crippen molar-refractivity contribution in [3.63, 3.8) is 0 Å². The highest BCUT2D eigenvalue weighted by atomic mass is 16.5. The van der Waals surface area contributed by atoms with Gasteiger partial charge in [0.25, 0.3) is 11.8 Å². The number of anilines is 4. The predicted molar refractivity (Wildman–Crippen MR) is 164 cm³/mol. The standard InChI is InChI=1S/C31H32N8O6/c40-26(44-20-18-32-28(42)22-6-10-24(11-7-22)38-30-34-14-2-15-35-30)4-1-5-27(41)45-21-19-33-29(43)23-8-12-25(13-9-23)39-31-36-16-3-17-37-31/h2-3,6-17H,1,4-5,18-21H2,(H,32,42)(H,33,43)(H,34,35,38)(H,36,37,39). The lowest BCUT2D eigenvalue weighted by Gasteiger charge is -2.09. The number of aromatic nitrogens is 4. The molecule has 0 fully saturated rings. The van der Waals surface area contributed by atoms with Gasteiger partial charge in [-0.25, -0.2) is 19.9 Å². The minimum atomic E-state index is -0.486. The first kappa shape index (κ1) is 32.0. The molecular weight excluding hydrogens is 580 g/mol. The minimum absolute atomic E-state index is 0.000381. The van der Waals surface area contributed by atoms with E-state index in [-0.39, 0.29) is 57.4 Å². The summed E-state index contributed by atoms with van der Waals surface area (Å²) in [6.45, 7) is 0.278. The maximum atomic E-state index is 12.3. The largest absolute Gasteiger partial charge is 0.464 e. The summed E-state index contributed by atoms with van der Waals surface area (Å²) in [5.41, 5.74) is 2.35. The van der Waals surface area contributed by atoms with Crippen LogP contribution < -0.4 is 21.3 Å². The van der Waals surface area contributed by atoms with Crippen molar-refractivity contribution in [1.29, 1.82) is 0 Å². The molecule has 4 aromatic rings. The van der Waals surface area contributed by atoms with Gasteiger partial charge in [0.2, 0.25) is 11.9 Å². The number of nitrogens with zero attached hydrogens (tertiary/aromatic N) is 4. The third kappa shape index (κ3) is 11.4. The topological polar surface area (TPSA) is 186 Å². The fourth-order valence-electron chi connectivity index (χ4n) is 3.78. The van der Waals surface area contributed by atoms with Crippen LogP contribution in [0.25, 0.3) is 0 Å². The number of hydrogen-bond acceptors (Lipinski definition) is 12. The van der Waals surface area contributed by atoms with Crippen molar-refractivity contribution < 1.29 is 28.7 Å². The molecule has 2 amide bonds. The van der Waals surface area contributed by atoms with Crippen LogP contribution in [0.15, 0.2) is 85.5 Å². The quantitative estimate of drug-likeness (QED) is 0.107. The number of rotatable bonds is 16. The van der Waals surface area contributed by atoms with Crippen molar-refractivity contribution in [2.75, 3.05) is 36.9 Å². The Labute approximate surface area is 259 Å². The second-order valence-electron chi connectivity index (χ2n) is 9.36. The first-order valence-corrected chi connectivity index (χ1v) is 14.1. The summed E-state index contributed by atoms with van der Waals surface area (Å²) in [6.07, 6.45) is 6.79. The zero-order valence-corrected chi connectivity index (χ0v) is 24.3. The van der Waals surface area contributed by atoms with Crippen LogP contribution in [0.5, 0.6) is 0 Å². The SMILES string of the molecule is O=C(CCCC(=O)OCCNC(=O)c1ccc(Nc2ncccn2)cc1)OCCNC(=O)c1ccc(Nc2ncccn2)cc1. The number of hydrogen-bond donors (Lipinski definition) is 4. The van der Waals surface area contributed by atoms with E-state index in [2.05, 4.69) is 41.2 Å². The van der Waals surface area contributed by atoms with E-state index in [4.69, 9.17) is 9.47 Å². The molecule has 4 rings (SSSR count). The molecule has 0 spiro atoms. The van der Waals surface area contributed by atoms with Gasteiger partial charge in [0.15, 0.2) is 0 Å². The van der Waals surface area contributed by atoms with Crippen molar-refractivity contribution >= 4 is 47.0 Å². The van der Waals surface area contributed by atoms with Crippen molar-refractivity contribution in [3.05, 3.63) is 96.6 Å². The molecule has 232 valence electrons. The van der Waals surface area contributed by atoms with E-state index in [0.29, 0.717) is 23.0 Å². The smallest absolute Gasteiger partial charge is 0.305 e. The highest BCUT2D eigenvalue weighted by molar-refractivity contribution is 5.95. The number of esters is 2. The normalized spacial score (nSPS) is 10.3. The summed E-state index contributed by atoms with van der Waals surface area (Å²) < 4.78 is 10.2. The molecule has 0 aliphatic rings. The molecule has 2 heterocycles. The number of ether oxygens (including phenoxy) is 2. The summed E-state index contributed by atoms with van der Waals surface area (Å²) in [5.74, 6) is -0.695. The van der Waals surface area contributed by atoms with E-state index in [1.807, 2.05) is 0 Å². The van der Waals surface area contributed by atoms with Gasteiger partial charge in [0.1, 0.15) is 13.2 Å². The highest BCUT2D eigenvalue weighted by Crippen LogP contribution is 2.14. The lowest BCUT2D eigenvalue weighted by Crippen LogP contribution is -2.28. The molecule has 0 saturated carbocycles. The lowest BCUT2D eigenvalue weighted by atomic mass is 10.2. The molecule has 14 heteroatoms. The Hall–Kier alpha value is -5.92. The average Bonchev–Trinajstić information content (AvgIpc) is 3.06. The molecule has 0 aliphatic heterocycles. The van der Waals surface area contributed by atoms with Crippen molar-refractivity contribution in [3.8, 4) is 0 Å². The first-order chi connectivity index (χ1) is 22.0. The maximum Gasteiger partial charge on any atom is 0.305 e. The van der Waals surface area contributed by atoms with E-state index in [0.717, 1.165) is 11.4 Å². The van der Waals surface area contributed by atoms with E-state index in [9.17, 15) is 19.2 Å². The van der Waals surface area contributed by atoms with Gasteiger partial charge in [-0.3, -0.25) is 19.2 Å². The summed E-state index contributed by atoms with van der Waals surface area (Å²) in [6, 6.07) is 17.0. The summed E-state index contributed by atoms with van der Waals surface area (Å²) in [4.78, 5) is 64.8. The Balaban J connectivity index is 1.01. The van der Waals surface area contributed by atoms with Gasteiger partial charge in [0.05, 0.1) is 13.1 Å². The Bertz CT molecular complexity index is 1420. The van der Waals surface area contributed by atoms with Crippen LogP contribution in [0.1, 0.15) is 40.0 Å². The molecule has 4 N–H and O–H groups in total. The summed E-state index contributed by atoms with van der Waals surface area (Å²) >= 11 is 0. The Morgan fingerprint density at radius 3 is 1.31 bits per heavy atom. The predicted octanol–water partition coefficient (Wildman–Crippen LogP) is 3.17. The van der Waals surface area contributed by atoms with Gasteiger partial charge < -0.3 is 30.7 Å². The van der Waals surface area contributed by atoms with Crippen LogP contribution >= 0.6 is 0 Å².